The molecule has 3 aromatic rings. The van der Waals surface area contributed by atoms with E-state index in [1.807, 2.05) is 6.07 Å². The van der Waals surface area contributed by atoms with E-state index in [1.54, 1.807) is 18.2 Å². The third-order valence-electron chi connectivity index (χ3n) is 5.31. The molecule has 0 bridgehead atoms. The molecule has 1 fully saturated rings. The highest BCUT2D eigenvalue weighted by atomic mass is 35.5. The van der Waals surface area contributed by atoms with Crippen LogP contribution in [0, 0.1) is 0 Å². The Morgan fingerprint density at radius 3 is 2.68 bits per heavy atom. The minimum absolute atomic E-state index is 0.0215. The van der Waals surface area contributed by atoms with Crippen molar-refractivity contribution in [1.29, 1.82) is 0 Å². The molecule has 9 nitrogen and oxygen atoms in total. The standard InChI is InChI=1S/C20H22ClN5O4S/c1-22-31(28,29)26-18-10-13(8-9-23-18)19(27)24-15-5-2-12(3-6-15)20-25-16-11-14(21)4-7-17(16)30-20/h4,7-12,15,22H,2-3,5-6H2,1H3,(H,23,26)(H,24,27). The first kappa shape index (κ1) is 21.5. The Labute approximate surface area is 184 Å². The summed E-state index contributed by atoms with van der Waals surface area (Å²) >= 11 is 6.02. The molecule has 4 rings (SSSR count). The molecule has 1 aliphatic rings. The number of carbonyl (C=O) groups excluding carboxylic acids is 1. The highest BCUT2D eigenvalue weighted by molar-refractivity contribution is 7.90. The van der Waals surface area contributed by atoms with E-state index < -0.39 is 10.2 Å². The molecule has 0 radical (unpaired) electrons. The van der Waals surface area contributed by atoms with E-state index >= 15 is 0 Å². The van der Waals surface area contributed by atoms with Crippen LogP contribution in [-0.2, 0) is 10.2 Å². The van der Waals surface area contributed by atoms with Crippen molar-refractivity contribution >= 4 is 44.6 Å². The number of amides is 1. The summed E-state index contributed by atoms with van der Waals surface area (Å²) in [7, 11) is -2.42. The maximum absolute atomic E-state index is 12.6. The first-order chi connectivity index (χ1) is 14.8. The van der Waals surface area contributed by atoms with Crippen LogP contribution in [0.25, 0.3) is 11.1 Å². The minimum Gasteiger partial charge on any atom is -0.440 e. The fourth-order valence-electron chi connectivity index (χ4n) is 3.66. The fraction of sp³-hybridized carbons (Fsp3) is 0.350. The molecule has 2 heterocycles. The van der Waals surface area contributed by atoms with Crippen molar-refractivity contribution in [1.82, 2.24) is 20.0 Å². The van der Waals surface area contributed by atoms with Gasteiger partial charge in [0.2, 0.25) is 0 Å². The van der Waals surface area contributed by atoms with Gasteiger partial charge in [0, 0.05) is 35.8 Å². The molecule has 1 aliphatic carbocycles. The molecule has 0 atom stereocenters. The predicted octanol–water partition coefficient (Wildman–Crippen LogP) is 3.21. The summed E-state index contributed by atoms with van der Waals surface area (Å²) in [5.41, 5.74) is 1.80. The van der Waals surface area contributed by atoms with Gasteiger partial charge in [0.15, 0.2) is 11.5 Å². The van der Waals surface area contributed by atoms with Gasteiger partial charge < -0.3 is 9.73 Å². The number of aromatic nitrogens is 2. The Morgan fingerprint density at radius 2 is 1.94 bits per heavy atom. The maximum atomic E-state index is 12.6. The van der Waals surface area contributed by atoms with Crippen LogP contribution >= 0.6 is 11.6 Å². The smallest absolute Gasteiger partial charge is 0.300 e. The summed E-state index contributed by atoms with van der Waals surface area (Å²) in [5.74, 6) is 0.703. The molecule has 0 saturated heterocycles. The van der Waals surface area contributed by atoms with Crippen molar-refractivity contribution in [2.24, 2.45) is 0 Å². The fourth-order valence-corrected chi connectivity index (χ4v) is 4.32. The second-order valence-electron chi connectivity index (χ2n) is 7.43. The van der Waals surface area contributed by atoms with Crippen LogP contribution < -0.4 is 14.8 Å². The monoisotopic (exact) mass is 463 g/mol. The number of hydrogen-bond donors (Lipinski definition) is 3. The van der Waals surface area contributed by atoms with Gasteiger partial charge in [0.25, 0.3) is 16.1 Å². The largest absolute Gasteiger partial charge is 0.440 e. The van der Waals surface area contributed by atoms with E-state index in [2.05, 4.69) is 24.7 Å². The average Bonchev–Trinajstić information content (AvgIpc) is 3.17. The molecular weight excluding hydrogens is 442 g/mol. The number of benzene rings is 1. The van der Waals surface area contributed by atoms with Crippen molar-refractivity contribution in [2.75, 3.05) is 11.8 Å². The third-order valence-corrected chi connectivity index (χ3v) is 6.56. The molecule has 164 valence electrons. The molecule has 3 N–H and O–H groups in total. The number of pyridine rings is 1. The summed E-state index contributed by atoms with van der Waals surface area (Å²) in [6.07, 6.45) is 4.66. The van der Waals surface area contributed by atoms with Gasteiger partial charge in [-0.25, -0.2) is 14.7 Å². The van der Waals surface area contributed by atoms with Gasteiger partial charge in [-0.1, -0.05) is 11.6 Å². The molecule has 0 unspecified atom stereocenters. The minimum atomic E-state index is -3.70. The van der Waals surface area contributed by atoms with Crippen LogP contribution in [0.2, 0.25) is 5.02 Å². The van der Waals surface area contributed by atoms with Gasteiger partial charge >= 0.3 is 0 Å². The van der Waals surface area contributed by atoms with Crippen molar-refractivity contribution in [3.8, 4) is 0 Å². The average molecular weight is 464 g/mol. The normalized spacial score (nSPS) is 19.3. The maximum Gasteiger partial charge on any atom is 0.300 e. The van der Waals surface area contributed by atoms with Crippen molar-refractivity contribution in [2.45, 2.75) is 37.6 Å². The second kappa shape index (κ2) is 8.81. The Kier molecular flexibility index (Phi) is 6.12. The van der Waals surface area contributed by atoms with Gasteiger partial charge in [-0.3, -0.25) is 9.52 Å². The summed E-state index contributed by atoms with van der Waals surface area (Å²) in [5, 5.41) is 3.64. The van der Waals surface area contributed by atoms with Gasteiger partial charge in [-0.15, -0.1) is 0 Å². The first-order valence-electron chi connectivity index (χ1n) is 9.87. The van der Waals surface area contributed by atoms with Crippen LogP contribution in [0.3, 0.4) is 0 Å². The van der Waals surface area contributed by atoms with Crippen LogP contribution in [0.4, 0.5) is 5.82 Å². The van der Waals surface area contributed by atoms with E-state index in [-0.39, 0.29) is 23.7 Å². The second-order valence-corrected chi connectivity index (χ2v) is 9.48. The van der Waals surface area contributed by atoms with Crippen LogP contribution in [0.1, 0.15) is 47.8 Å². The van der Waals surface area contributed by atoms with Crippen molar-refractivity contribution in [3.05, 3.63) is 53.0 Å². The van der Waals surface area contributed by atoms with Crippen LogP contribution in [-0.4, -0.2) is 37.4 Å². The molecule has 0 spiro atoms. The zero-order chi connectivity index (χ0) is 22.0. The van der Waals surface area contributed by atoms with Crippen molar-refractivity contribution < 1.29 is 17.6 Å². The Hall–Kier alpha value is -2.69. The van der Waals surface area contributed by atoms with Gasteiger partial charge in [0.05, 0.1) is 0 Å². The van der Waals surface area contributed by atoms with E-state index in [1.165, 1.54) is 19.3 Å². The molecular formula is C20H22ClN5O4S. The number of nitrogens with zero attached hydrogens (tertiary/aromatic N) is 2. The first-order valence-corrected chi connectivity index (χ1v) is 11.7. The Balaban J connectivity index is 1.35. The van der Waals surface area contributed by atoms with Crippen molar-refractivity contribution in [3.63, 3.8) is 0 Å². The highest BCUT2D eigenvalue weighted by Gasteiger charge is 2.27. The van der Waals surface area contributed by atoms with E-state index in [4.69, 9.17) is 16.0 Å². The SMILES string of the molecule is CNS(=O)(=O)Nc1cc(C(=O)NC2CCC(c3nc4cc(Cl)ccc4o3)CC2)ccn1. The summed E-state index contributed by atoms with van der Waals surface area (Å²) in [6, 6.07) is 8.35. The predicted molar refractivity (Wildman–Crippen MR) is 117 cm³/mol. The van der Waals surface area contributed by atoms with E-state index in [0.717, 1.165) is 36.8 Å². The Bertz CT molecular complexity index is 1210. The molecule has 31 heavy (non-hydrogen) atoms. The zero-order valence-electron chi connectivity index (χ0n) is 16.8. The topological polar surface area (TPSA) is 126 Å². The molecule has 11 heteroatoms. The lowest BCUT2D eigenvalue weighted by atomic mass is 9.86. The van der Waals surface area contributed by atoms with Gasteiger partial charge in [-0.05, 0) is 56.0 Å². The number of nitrogens with one attached hydrogen (secondary N) is 3. The van der Waals surface area contributed by atoms with Crippen LogP contribution in [0.15, 0.2) is 40.9 Å². The lowest BCUT2D eigenvalue weighted by molar-refractivity contribution is 0.0925. The number of fused-ring (bicyclic) bond motifs is 1. The number of anilines is 1. The van der Waals surface area contributed by atoms with E-state index in [9.17, 15) is 13.2 Å². The lowest BCUT2D eigenvalue weighted by Gasteiger charge is -2.27. The van der Waals surface area contributed by atoms with Gasteiger partial charge in [-0.2, -0.15) is 8.42 Å². The summed E-state index contributed by atoms with van der Waals surface area (Å²) in [4.78, 5) is 21.1. The van der Waals surface area contributed by atoms with Crippen LogP contribution in [0.5, 0.6) is 0 Å². The molecule has 0 aliphatic heterocycles. The van der Waals surface area contributed by atoms with E-state index in [0.29, 0.717) is 16.5 Å². The number of carbonyl (C=O) groups is 1. The number of rotatable bonds is 6. The lowest BCUT2D eigenvalue weighted by Crippen LogP contribution is -2.37. The zero-order valence-corrected chi connectivity index (χ0v) is 18.3. The molecule has 1 amide bonds. The third kappa shape index (κ3) is 5.15. The molecule has 1 saturated carbocycles. The highest BCUT2D eigenvalue weighted by Crippen LogP contribution is 2.34. The molecule has 1 aromatic carbocycles. The Morgan fingerprint density at radius 1 is 1.16 bits per heavy atom. The molecule has 2 aromatic heterocycles. The summed E-state index contributed by atoms with van der Waals surface area (Å²) in [6.45, 7) is 0. The quantitative estimate of drug-likeness (QED) is 0.515. The number of hydrogen-bond acceptors (Lipinski definition) is 6. The summed E-state index contributed by atoms with van der Waals surface area (Å²) < 4.78 is 33.5. The number of oxazole rings is 1. The number of halogens is 1. The van der Waals surface area contributed by atoms with Gasteiger partial charge in [0.1, 0.15) is 11.3 Å².